The maximum Gasteiger partial charge on any atom is 0.262 e. The minimum Gasteiger partial charge on any atom is -0.483 e. The van der Waals surface area contributed by atoms with Crippen LogP contribution in [0.2, 0.25) is 0 Å². The zero-order chi connectivity index (χ0) is 19.9. The number of carbonyl (C=O) groups is 1. The molecule has 0 radical (unpaired) electrons. The molecule has 144 valence electrons. The average Bonchev–Trinajstić information content (AvgIpc) is 2.69. The van der Waals surface area contributed by atoms with Crippen LogP contribution in [0.4, 0.5) is 5.69 Å². The summed E-state index contributed by atoms with van der Waals surface area (Å²) in [5, 5.41) is 2.86. The van der Waals surface area contributed by atoms with Crippen LogP contribution < -0.4 is 10.1 Å². The fraction of sp³-hybridized carbons (Fsp3) is 0.217. The van der Waals surface area contributed by atoms with E-state index in [0.717, 1.165) is 16.6 Å². The van der Waals surface area contributed by atoms with Crippen molar-refractivity contribution in [2.24, 2.45) is 0 Å². The molecular weight excluding hydrogens is 416 g/mol. The summed E-state index contributed by atoms with van der Waals surface area (Å²) in [4.78, 5) is 16.2. The number of hydrogen-bond donors (Lipinski definition) is 1. The number of amides is 1. The minimum absolute atomic E-state index is 0.0433. The van der Waals surface area contributed by atoms with Gasteiger partial charge in [-0.25, -0.2) is 0 Å². The molecule has 1 amide bonds. The highest BCUT2D eigenvalue weighted by molar-refractivity contribution is 9.10. The minimum atomic E-state index is -0.193. The second kappa shape index (κ2) is 9.51. The van der Waals surface area contributed by atoms with Gasteiger partial charge in [0.2, 0.25) is 0 Å². The third kappa shape index (κ3) is 5.67. The summed E-state index contributed by atoms with van der Waals surface area (Å²) in [6, 6.07) is 17.8. The van der Waals surface area contributed by atoms with Crippen LogP contribution in [0.1, 0.15) is 36.5 Å². The number of ether oxygens (including phenoxy) is 1. The first-order valence-corrected chi connectivity index (χ1v) is 10.0. The molecule has 1 heterocycles. The Morgan fingerprint density at radius 2 is 1.71 bits per heavy atom. The summed E-state index contributed by atoms with van der Waals surface area (Å²) in [5.74, 6) is 0.907. The molecule has 28 heavy (non-hydrogen) atoms. The van der Waals surface area contributed by atoms with Crippen molar-refractivity contribution < 1.29 is 9.53 Å². The molecule has 0 saturated heterocycles. The van der Waals surface area contributed by atoms with Crippen molar-refractivity contribution in [3.05, 3.63) is 88.2 Å². The van der Waals surface area contributed by atoms with E-state index < -0.39 is 0 Å². The highest BCUT2D eigenvalue weighted by atomic mass is 79.9. The molecule has 0 saturated carbocycles. The van der Waals surface area contributed by atoms with Gasteiger partial charge in [-0.05, 0) is 81.4 Å². The van der Waals surface area contributed by atoms with E-state index in [1.807, 2.05) is 54.6 Å². The van der Waals surface area contributed by atoms with E-state index in [0.29, 0.717) is 11.7 Å². The molecule has 3 aromatic rings. The first-order valence-electron chi connectivity index (χ1n) is 9.21. The largest absolute Gasteiger partial charge is 0.483 e. The highest BCUT2D eigenvalue weighted by Gasteiger charge is 2.08. The molecule has 5 heteroatoms. The fourth-order valence-corrected chi connectivity index (χ4v) is 3.29. The molecule has 0 aliphatic rings. The first kappa shape index (κ1) is 20.1. The number of rotatable bonds is 7. The van der Waals surface area contributed by atoms with Crippen molar-refractivity contribution in [3.63, 3.8) is 0 Å². The standard InChI is InChI=1S/C23H23BrN2O2/c1-16(2)19-5-8-22(21(24)14-19)28-15-23(27)26-20-6-3-17(4-7-20)13-18-9-11-25-12-10-18/h3-12,14,16H,13,15H2,1-2H3,(H,26,27). The summed E-state index contributed by atoms with van der Waals surface area (Å²) in [6.07, 6.45) is 4.41. The number of aromatic nitrogens is 1. The van der Waals surface area contributed by atoms with Crippen LogP contribution in [0.3, 0.4) is 0 Å². The van der Waals surface area contributed by atoms with Crippen LogP contribution in [0, 0.1) is 0 Å². The summed E-state index contributed by atoms with van der Waals surface area (Å²) >= 11 is 3.51. The summed E-state index contributed by atoms with van der Waals surface area (Å²) in [7, 11) is 0. The van der Waals surface area contributed by atoms with Crippen molar-refractivity contribution in [2.45, 2.75) is 26.2 Å². The molecule has 2 aromatic carbocycles. The molecule has 0 atom stereocenters. The van der Waals surface area contributed by atoms with Crippen molar-refractivity contribution in [1.29, 1.82) is 0 Å². The molecule has 4 nitrogen and oxygen atoms in total. The lowest BCUT2D eigenvalue weighted by atomic mass is 10.0. The predicted molar refractivity (Wildman–Crippen MR) is 116 cm³/mol. The Morgan fingerprint density at radius 3 is 2.36 bits per heavy atom. The van der Waals surface area contributed by atoms with Crippen LogP contribution in [0.25, 0.3) is 0 Å². The monoisotopic (exact) mass is 438 g/mol. The van der Waals surface area contributed by atoms with Crippen LogP contribution in [0.15, 0.2) is 71.5 Å². The predicted octanol–water partition coefficient (Wildman–Crippen LogP) is 5.58. The summed E-state index contributed by atoms with van der Waals surface area (Å²) in [6.45, 7) is 4.23. The number of nitrogens with zero attached hydrogens (tertiary/aromatic N) is 1. The van der Waals surface area contributed by atoms with E-state index in [-0.39, 0.29) is 12.5 Å². The van der Waals surface area contributed by atoms with Gasteiger partial charge in [0.15, 0.2) is 6.61 Å². The number of nitrogens with one attached hydrogen (secondary N) is 1. The maximum absolute atomic E-state index is 12.2. The van der Waals surface area contributed by atoms with Gasteiger partial charge in [-0.1, -0.05) is 32.0 Å². The van der Waals surface area contributed by atoms with Gasteiger partial charge in [-0.2, -0.15) is 0 Å². The Bertz CT molecular complexity index is 925. The van der Waals surface area contributed by atoms with Crippen LogP contribution in [0.5, 0.6) is 5.75 Å². The zero-order valence-electron chi connectivity index (χ0n) is 16.0. The summed E-state index contributed by atoms with van der Waals surface area (Å²) in [5.41, 5.74) is 4.35. The Morgan fingerprint density at radius 1 is 1.04 bits per heavy atom. The molecule has 3 rings (SSSR count). The molecule has 1 aromatic heterocycles. The molecule has 0 bridgehead atoms. The van der Waals surface area contributed by atoms with Gasteiger partial charge in [-0.3, -0.25) is 9.78 Å². The van der Waals surface area contributed by atoms with Gasteiger partial charge in [0.25, 0.3) is 5.91 Å². The smallest absolute Gasteiger partial charge is 0.262 e. The molecule has 0 unspecified atom stereocenters. The summed E-state index contributed by atoms with van der Waals surface area (Å²) < 4.78 is 6.50. The molecule has 0 aliphatic carbocycles. The van der Waals surface area contributed by atoms with Crippen molar-refractivity contribution in [2.75, 3.05) is 11.9 Å². The molecule has 1 N–H and O–H groups in total. The Kier molecular flexibility index (Phi) is 6.82. The van der Waals surface area contributed by atoms with E-state index in [1.165, 1.54) is 16.7 Å². The third-order valence-corrected chi connectivity index (χ3v) is 5.00. The Balaban J connectivity index is 1.52. The lowest BCUT2D eigenvalue weighted by Gasteiger charge is -2.12. The zero-order valence-corrected chi connectivity index (χ0v) is 17.6. The average molecular weight is 439 g/mol. The normalized spacial score (nSPS) is 10.7. The first-order chi connectivity index (χ1) is 13.5. The number of pyridine rings is 1. The lowest BCUT2D eigenvalue weighted by molar-refractivity contribution is -0.118. The van der Waals surface area contributed by atoms with Crippen molar-refractivity contribution >= 4 is 27.5 Å². The van der Waals surface area contributed by atoms with Gasteiger partial charge in [0.05, 0.1) is 4.47 Å². The van der Waals surface area contributed by atoms with E-state index >= 15 is 0 Å². The number of anilines is 1. The van der Waals surface area contributed by atoms with Gasteiger partial charge in [-0.15, -0.1) is 0 Å². The van der Waals surface area contributed by atoms with Gasteiger partial charge in [0.1, 0.15) is 5.75 Å². The molecule has 0 fully saturated rings. The van der Waals surface area contributed by atoms with Gasteiger partial charge in [0, 0.05) is 18.1 Å². The van der Waals surface area contributed by atoms with Crippen LogP contribution >= 0.6 is 15.9 Å². The van der Waals surface area contributed by atoms with E-state index in [2.05, 4.69) is 40.1 Å². The maximum atomic E-state index is 12.2. The van der Waals surface area contributed by atoms with Gasteiger partial charge >= 0.3 is 0 Å². The second-order valence-electron chi connectivity index (χ2n) is 6.91. The topological polar surface area (TPSA) is 51.2 Å². The molecular formula is C23H23BrN2O2. The Labute approximate surface area is 174 Å². The van der Waals surface area contributed by atoms with E-state index in [9.17, 15) is 4.79 Å². The Hall–Kier alpha value is -2.66. The van der Waals surface area contributed by atoms with E-state index in [4.69, 9.17) is 4.74 Å². The number of benzene rings is 2. The van der Waals surface area contributed by atoms with Crippen LogP contribution in [-0.4, -0.2) is 17.5 Å². The van der Waals surface area contributed by atoms with Crippen LogP contribution in [-0.2, 0) is 11.2 Å². The molecule has 0 spiro atoms. The number of carbonyl (C=O) groups excluding carboxylic acids is 1. The fourth-order valence-electron chi connectivity index (χ4n) is 2.78. The quantitative estimate of drug-likeness (QED) is 0.523. The van der Waals surface area contributed by atoms with Crippen molar-refractivity contribution in [1.82, 2.24) is 4.98 Å². The SMILES string of the molecule is CC(C)c1ccc(OCC(=O)Nc2ccc(Cc3ccncc3)cc2)c(Br)c1. The number of halogens is 1. The van der Waals surface area contributed by atoms with Gasteiger partial charge < -0.3 is 10.1 Å². The number of hydrogen-bond acceptors (Lipinski definition) is 3. The highest BCUT2D eigenvalue weighted by Crippen LogP contribution is 2.28. The molecule has 0 aliphatic heterocycles. The van der Waals surface area contributed by atoms with Crippen molar-refractivity contribution in [3.8, 4) is 5.75 Å². The second-order valence-corrected chi connectivity index (χ2v) is 7.76. The van der Waals surface area contributed by atoms with E-state index in [1.54, 1.807) is 12.4 Å². The third-order valence-electron chi connectivity index (χ3n) is 4.38. The lowest BCUT2D eigenvalue weighted by Crippen LogP contribution is -2.20.